The summed E-state index contributed by atoms with van der Waals surface area (Å²) >= 11 is 0. The van der Waals surface area contributed by atoms with Crippen molar-refractivity contribution < 1.29 is 14.3 Å². The summed E-state index contributed by atoms with van der Waals surface area (Å²) < 4.78 is 11.6. The fourth-order valence-corrected chi connectivity index (χ4v) is 3.17. The van der Waals surface area contributed by atoms with Gasteiger partial charge in [0.25, 0.3) is 5.91 Å². The molecule has 1 N–H and O–H groups in total. The SMILES string of the molecule is O=C(NCc1ccccc1COc1ccccc1)[C@@H]1Cc2ccccc2O1. The summed E-state index contributed by atoms with van der Waals surface area (Å²) in [4.78, 5) is 12.5. The average Bonchev–Trinajstić information content (AvgIpc) is 3.16. The van der Waals surface area contributed by atoms with Crippen LogP contribution in [0.15, 0.2) is 78.9 Å². The van der Waals surface area contributed by atoms with Crippen LogP contribution in [0, 0.1) is 0 Å². The average molecular weight is 359 g/mol. The van der Waals surface area contributed by atoms with Crippen molar-refractivity contribution in [1.29, 1.82) is 0 Å². The van der Waals surface area contributed by atoms with Gasteiger partial charge in [-0.3, -0.25) is 4.79 Å². The van der Waals surface area contributed by atoms with Gasteiger partial charge in [0.15, 0.2) is 6.10 Å². The number of hydrogen-bond acceptors (Lipinski definition) is 3. The molecule has 1 atom stereocenters. The smallest absolute Gasteiger partial charge is 0.261 e. The maximum atomic E-state index is 12.5. The highest BCUT2D eigenvalue weighted by Crippen LogP contribution is 2.28. The predicted octanol–water partition coefficient (Wildman–Crippen LogP) is 3.89. The van der Waals surface area contributed by atoms with E-state index in [1.54, 1.807) is 0 Å². The summed E-state index contributed by atoms with van der Waals surface area (Å²) in [5, 5.41) is 2.99. The maximum absolute atomic E-state index is 12.5. The number of carbonyl (C=O) groups is 1. The molecule has 3 aromatic rings. The number of fused-ring (bicyclic) bond motifs is 1. The van der Waals surface area contributed by atoms with Gasteiger partial charge in [-0.1, -0.05) is 60.7 Å². The van der Waals surface area contributed by atoms with Crippen molar-refractivity contribution in [2.75, 3.05) is 0 Å². The number of para-hydroxylation sites is 2. The lowest BCUT2D eigenvalue weighted by Crippen LogP contribution is -2.37. The van der Waals surface area contributed by atoms with Crippen LogP contribution in [-0.2, 0) is 24.4 Å². The van der Waals surface area contributed by atoms with Crippen LogP contribution in [0.2, 0.25) is 0 Å². The molecule has 0 saturated carbocycles. The summed E-state index contributed by atoms with van der Waals surface area (Å²) in [5.74, 6) is 1.53. The zero-order chi connectivity index (χ0) is 18.5. The monoisotopic (exact) mass is 359 g/mol. The number of ether oxygens (including phenoxy) is 2. The van der Waals surface area contributed by atoms with E-state index in [4.69, 9.17) is 9.47 Å². The lowest BCUT2D eigenvalue weighted by Gasteiger charge is -2.14. The molecule has 136 valence electrons. The minimum absolute atomic E-state index is 0.0926. The minimum Gasteiger partial charge on any atom is -0.489 e. The van der Waals surface area contributed by atoms with Crippen LogP contribution in [-0.4, -0.2) is 12.0 Å². The number of hydrogen-bond donors (Lipinski definition) is 1. The topological polar surface area (TPSA) is 47.6 Å². The summed E-state index contributed by atoms with van der Waals surface area (Å²) in [6.45, 7) is 0.908. The molecule has 0 unspecified atom stereocenters. The van der Waals surface area contributed by atoms with Crippen molar-refractivity contribution in [1.82, 2.24) is 5.32 Å². The van der Waals surface area contributed by atoms with Gasteiger partial charge in [-0.05, 0) is 34.9 Å². The number of benzene rings is 3. The number of amides is 1. The summed E-state index contributed by atoms with van der Waals surface area (Å²) in [6.07, 6.45) is 0.149. The Morgan fingerprint density at radius 1 is 0.926 bits per heavy atom. The van der Waals surface area contributed by atoms with Gasteiger partial charge in [-0.25, -0.2) is 0 Å². The molecule has 4 heteroatoms. The second kappa shape index (κ2) is 7.96. The van der Waals surface area contributed by atoms with Crippen molar-refractivity contribution in [2.24, 2.45) is 0 Å². The molecule has 0 fully saturated rings. The van der Waals surface area contributed by atoms with E-state index in [0.29, 0.717) is 19.6 Å². The molecule has 1 heterocycles. The maximum Gasteiger partial charge on any atom is 0.261 e. The second-order valence-corrected chi connectivity index (χ2v) is 6.51. The van der Waals surface area contributed by atoms with E-state index < -0.39 is 6.10 Å². The lowest BCUT2D eigenvalue weighted by atomic mass is 10.1. The molecule has 1 amide bonds. The molecular formula is C23H21NO3. The van der Waals surface area contributed by atoms with Crippen LogP contribution in [0.25, 0.3) is 0 Å². The summed E-state index contributed by atoms with van der Waals surface area (Å²) in [6, 6.07) is 25.5. The fraction of sp³-hybridized carbons (Fsp3) is 0.174. The van der Waals surface area contributed by atoms with Gasteiger partial charge in [-0.2, -0.15) is 0 Å². The Kier molecular flexibility index (Phi) is 5.06. The third-order valence-corrected chi connectivity index (χ3v) is 4.65. The lowest BCUT2D eigenvalue weighted by molar-refractivity contribution is -0.127. The van der Waals surface area contributed by atoms with Gasteiger partial charge in [0.2, 0.25) is 0 Å². The van der Waals surface area contributed by atoms with Crippen LogP contribution < -0.4 is 14.8 Å². The Hall–Kier alpha value is -3.27. The van der Waals surface area contributed by atoms with Crippen LogP contribution in [0.5, 0.6) is 11.5 Å². The van der Waals surface area contributed by atoms with Gasteiger partial charge in [0.1, 0.15) is 18.1 Å². The highest BCUT2D eigenvalue weighted by Gasteiger charge is 2.28. The first-order valence-electron chi connectivity index (χ1n) is 9.06. The molecule has 4 nitrogen and oxygen atoms in total. The molecule has 0 bridgehead atoms. The first-order valence-corrected chi connectivity index (χ1v) is 9.06. The largest absolute Gasteiger partial charge is 0.489 e. The Bertz CT molecular complexity index is 899. The predicted molar refractivity (Wildman–Crippen MR) is 104 cm³/mol. The van der Waals surface area contributed by atoms with Crippen molar-refractivity contribution in [3.8, 4) is 11.5 Å². The molecule has 3 aromatic carbocycles. The van der Waals surface area contributed by atoms with Crippen LogP contribution >= 0.6 is 0 Å². The van der Waals surface area contributed by atoms with E-state index in [2.05, 4.69) is 5.32 Å². The first-order chi connectivity index (χ1) is 13.3. The molecule has 4 rings (SSSR count). The van der Waals surface area contributed by atoms with Crippen molar-refractivity contribution in [3.63, 3.8) is 0 Å². The highest BCUT2D eigenvalue weighted by atomic mass is 16.5. The molecule has 0 radical (unpaired) electrons. The second-order valence-electron chi connectivity index (χ2n) is 6.51. The van der Waals surface area contributed by atoms with E-state index in [-0.39, 0.29) is 5.91 Å². The van der Waals surface area contributed by atoms with Gasteiger partial charge in [0, 0.05) is 13.0 Å². The molecule has 27 heavy (non-hydrogen) atoms. The van der Waals surface area contributed by atoms with Crippen molar-refractivity contribution >= 4 is 5.91 Å². The van der Waals surface area contributed by atoms with Crippen molar-refractivity contribution in [3.05, 3.63) is 95.6 Å². The standard InChI is InChI=1S/C23H21NO3/c25-23(22-14-17-8-6-7-13-21(17)27-22)24-15-18-9-4-5-10-19(18)16-26-20-11-2-1-3-12-20/h1-13,22H,14-16H2,(H,24,25)/t22-/m0/s1. The molecular weight excluding hydrogens is 338 g/mol. The molecule has 0 aromatic heterocycles. The summed E-state index contributed by atoms with van der Waals surface area (Å²) in [5.41, 5.74) is 3.17. The van der Waals surface area contributed by atoms with Gasteiger partial charge >= 0.3 is 0 Å². The normalized spacial score (nSPS) is 14.9. The van der Waals surface area contributed by atoms with Crippen LogP contribution in [0.1, 0.15) is 16.7 Å². The number of nitrogens with one attached hydrogen (secondary N) is 1. The molecule has 1 aliphatic rings. The van der Waals surface area contributed by atoms with E-state index in [0.717, 1.165) is 28.2 Å². The van der Waals surface area contributed by atoms with E-state index in [1.165, 1.54) is 0 Å². The number of carbonyl (C=O) groups excluding carboxylic acids is 1. The Morgan fingerprint density at radius 3 is 2.44 bits per heavy atom. The van der Waals surface area contributed by atoms with Crippen molar-refractivity contribution in [2.45, 2.75) is 25.7 Å². The van der Waals surface area contributed by atoms with Gasteiger partial charge in [0.05, 0.1) is 0 Å². The third kappa shape index (κ3) is 4.11. The molecule has 0 aliphatic carbocycles. The zero-order valence-corrected chi connectivity index (χ0v) is 14.9. The van der Waals surface area contributed by atoms with Gasteiger partial charge in [-0.15, -0.1) is 0 Å². The quantitative estimate of drug-likeness (QED) is 0.726. The van der Waals surface area contributed by atoms with E-state index in [9.17, 15) is 4.79 Å². The summed E-state index contributed by atoms with van der Waals surface area (Å²) in [7, 11) is 0. The Morgan fingerprint density at radius 2 is 1.63 bits per heavy atom. The van der Waals surface area contributed by atoms with Crippen LogP contribution in [0.4, 0.5) is 0 Å². The molecule has 0 spiro atoms. The number of rotatable bonds is 6. The Labute approximate surface area is 158 Å². The molecule has 0 saturated heterocycles. The molecule has 1 aliphatic heterocycles. The minimum atomic E-state index is -0.463. The van der Waals surface area contributed by atoms with Gasteiger partial charge < -0.3 is 14.8 Å². The van der Waals surface area contributed by atoms with E-state index >= 15 is 0 Å². The third-order valence-electron chi connectivity index (χ3n) is 4.65. The Balaban J connectivity index is 1.35. The highest BCUT2D eigenvalue weighted by molar-refractivity contribution is 5.82. The zero-order valence-electron chi connectivity index (χ0n) is 14.9. The van der Waals surface area contributed by atoms with E-state index in [1.807, 2.05) is 78.9 Å². The first kappa shape index (κ1) is 17.2. The van der Waals surface area contributed by atoms with Crippen LogP contribution in [0.3, 0.4) is 0 Å². The fourth-order valence-electron chi connectivity index (χ4n) is 3.17.